The fourth-order valence-electron chi connectivity index (χ4n) is 8.74. The monoisotopic (exact) mass is 748 g/mol. The van der Waals surface area contributed by atoms with Crippen LogP contribution in [0.25, 0.3) is 98.9 Å². The summed E-state index contributed by atoms with van der Waals surface area (Å²) in [7, 11) is 0. The molecule has 1 unspecified atom stereocenters. The summed E-state index contributed by atoms with van der Waals surface area (Å²) in [5, 5.41) is 6.10. The minimum Gasteiger partial charge on any atom is -0.456 e. The zero-order valence-electron chi connectivity index (χ0n) is 30.6. The van der Waals surface area contributed by atoms with E-state index < -0.39 is 0 Å². The van der Waals surface area contributed by atoms with E-state index in [0.29, 0.717) is 17.5 Å². The van der Waals surface area contributed by atoms with E-state index in [-0.39, 0.29) is 5.92 Å². The van der Waals surface area contributed by atoms with E-state index >= 15 is 0 Å². The summed E-state index contributed by atoms with van der Waals surface area (Å²) in [5.74, 6) is 2.14. The largest absolute Gasteiger partial charge is 0.456 e. The smallest absolute Gasteiger partial charge is 0.164 e. The van der Waals surface area contributed by atoms with Crippen molar-refractivity contribution < 1.29 is 4.42 Å². The van der Waals surface area contributed by atoms with Gasteiger partial charge in [0, 0.05) is 59.2 Å². The Morgan fingerprint density at radius 3 is 2.00 bits per heavy atom. The number of furan rings is 1. The molecule has 6 heteroatoms. The van der Waals surface area contributed by atoms with Crippen molar-refractivity contribution in [3.63, 3.8) is 0 Å². The molecular weight excluding hydrogens is 717 g/mol. The summed E-state index contributed by atoms with van der Waals surface area (Å²) in [6.45, 7) is 0. The Kier molecular flexibility index (Phi) is 7.16. The number of para-hydroxylation sites is 1. The highest BCUT2D eigenvalue weighted by Gasteiger charge is 2.26. The molecule has 0 N–H and O–H groups in total. The number of aromatic nitrogens is 4. The van der Waals surface area contributed by atoms with E-state index in [1.807, 2.05) is 72.0 Å². The van der Waals surface area contributed by atoms with Crippen LogP contribution in [0.5, 0.6) is 0 Å². The zero-order valence-corrected chi connectivity index (χ0v) is 31.4. The summed E-state index contributed by atoms with van der Waals surface area (Å²) < 4.78 is 11.8. The molecule has 0 bridgehead atoms. The SMILES string of the molecule is C1=CC(c2ccc3sc4ccccc4c3c2)Cc2c1n(-c1cccc3oc4cc(-c5nc(-c6ccccc6)nc(-c6ccccc6)n5)ccc4c13)c1ccccc21. The standard InChI is InChI=1S/C51H32N4OS/c1-3-12-31(13-4-1)49-52-50(32-14-5-2-6-15-32)54-51(53-49)35-22-25-38-45(30-35)56-44-20-11-19-43(48(38)44)55-41-18-9-7-16-36(41)39-28-33(23-26-42(39)55)34-24-27-47-40(29-34)37-17-8-10-21-46(37)57-47/h1-27,29-30,33H,28H2. The third-order valence-electron chi connectivity index (χ3n) is 11.4. The van der Waals surface area contributed by atoms with Crippen molar-refractivity contribution in [3.8, 4) is 39.9 Å². The van der Waals surface area contributed by atoms with Gasteiger partial charge >= 0.3 is 0 Å². The average molecular weight is 749 g/mol. The van der Waals surface area contributed by atoms with Crippen molar-refractivity contribution in [2.75, 3.05) is 0 Å². The first-order valence-electron chi connectivity index (χ1n) is 19.3. The first kappa shape index (κ1) is 32.1. The van der Waals surface area contributed by atoms with Crippen LogP contribution in [0.15, 0.2) is 174 Å². The first-order valence-corrected chi connectivity index (χ1v) is 20.1. The van der Waals surface area contributed by atoms with Crippen LogP contribution in [0.4, 0.5) is 0 Å². The number of benzene rings is 7. The maximum atomic E-state index is 6.67. The molecule has 12 rings (SSSR count). The highest BCUT2D eigenvalue weighted by molar-refractivity contribution is 7.25. The number of hydrogen-bond acceptors (Lipinski definition) is 5. The van der Waals surface area contributed by atoms with Gasteiger partial charge in [0.25, 0.3) is 0 Å². The Bertz CT molecular complexity index is 3340. The number of allylic oxidation sites excluding steroid dienone is 1. The number of nitrogens with zero attached hydrogens (tertiary/aromatic N) is 4. The average Bonchev–Trinajstić information content (AvgIpc) is 3.95. The number of rotatable bonds is 5. The van der Waals surface area contributed by atoms with Gasteiger partial charge in [-0.2, -0.15) is 0 Å². The van der Waals surface area contributed by atoms with Crippen LogP contribution in [0.1, 0.15) is 22.7 Å². The quantitative estimate of drug-likeness (QED) is 0.176. The van der Waals surface area contributed by atoms with Crippen LogP contribution in [0.2, 0.25) is 0 Å². The van der Waals surface area contributed by atoms with Gasteiger partial charge in [-0.1, -0.05) is 121 Å². The van der Waals surface area contributed by atoms with Crippen LogP contribution in [0, 0.1) is 0 Å². The van der Waals surface area contributed by atoms with Crippen LogP contribution in [0.3, 0.4) is 0 Å². The summed E-state index contributed by atoms with van der Waals surface area (Å²) in [4.78, 5) is 14.8. The molecule has 0 amide bonds. The second-order valence-electron chi connectivity index (χ2n) is 14.7. The summed E-state index contributed by atoms with van der Waals surface area (Å²) in [6, 6.07) is 57.5. The molecule has 1 aliphatic rings. The first-order chi connectivity index (χ1) is 28.2. The van der Waals surface area contributed by atoms with E-state index in [9.17, 15) is 0 Å². The number of thiophene rings is 1. The molecule has 0 aliphatic heterocycles. The Hall–Kier alpha value is -7.15. The second-order valence-corrected chi connectivity index (χ2v) is 15.8. The van der Waals surface area contributed by atoms with E-state index in [0.717, 1.165) is 50.7 Å². The fraction of sp³-hybridized carbons (Fsp3) is 0.0392. The molecule has 7 aromatic carbocycles. The maximum absolute atomic E-state index is 6.67. The lowest BCUT2D eigenvalue weighted by atomic mass is 9.86. The number of fused-ring (bicyclic) bond motifs is 9. The predicted molar refractivity (Wildman–Crippen MR) is 235 cm³/mol. The van der Waals surface area contributed by atoms with Crippen molar-refractivity contribution in [3.05, 3.63) is 187 Å². The second kappa shape index (κ2) is 12.7. The van der Waals surface area contributed by atoms with Crippen molar-refractivity contribution in [1.29, 1.82) is 0 Å². The maximum Gasteiger partial charge on any atom is 0.164 e. The van der Waals surface area contributed by atoms with Crippen molar-refractivity contribution in [2.24, 2.45) is 0 Å². The van der Waals surface area contributed by atoms with Crippen molar-refractivity contribution >= 4 is 70.4 Å². The van der Waals surface area contributed by atoms with E-state index in [1.165, 1.54) is 47.9 Å². The van der Waals surface area contributed by atoms with Gasteiger partial charge in [0.05, 0.1) is 16.6 Å². The summed E-state index contributed by atoms with van der Waals surface area (Å²) >= 11 is 1.87. The third-order valence-corrected chi connectivity index (χ3v) is 12.6. The van der Waals surface area contributed by atoms with Crippen LogP contribution in [-0.4, -0.2) is 19.5 Å². The van der Waals surface area contributed by atoms with Crippen LogP contribution < -0.4 is 0 Å². The van der Waals surface area contributed by atoms with Gasteiger partial charge in [-0.15, -0.1) is 11.3 Å². The Balaban J connectivity index is 0.980. The molecule has 0 fully saturated rings. The lowest BCUT2D eigenvalue weighted by Gasteiger charge is -2.20. The molecule has 1 aliphatic carbocycles. The highest BCUT2D eigenvalue weighted by atomic mass is 32.1. The lowest BCUT2D eigenvalue weighted by molar-refractivity contribution is 0.669. The summed E-state index contributed by atoms with van der Waals surface area (Å²) in [6.07, 6.45) is 5.67. The lowest BCUT2D eigenvalue weighted by Crippen LogP contribution is -2.07. The van der Waals surface area contributed by atoms with Gasteiger partial charge in [-0.25, -0.2) is 15.0 Å². The minimum atomic E-state index is 0.281. The van der Waals surface area contributed by atoms with Gasteiger partial charge in [-0.05, 0) is 72.2 Å². The molecule has 0 spiro atoms. The van der Waals surface area contributed by atoms with Crippen molar-refractivity contribution in [2.45, 2.75) is 12.3 Å². The third kappa shape index (κ3) is 5.18. The van der Waals surface area contributed by atoms with Gasteiger partial charge in [0.15, 0.2) is 17.5 Å². The predicted octanol–water partition coefficient (Wildman–Crippen LogP) is 13.4. The van der Waals surface area contributed by atoms with Crippen LogP contribution >= 0.6 is 11.3 Å². The molecule has 0 radical (unpaired) electrons. The zero-order chi connectivity index (χ0) is 37.5. The Morgan fingerprint density at radius 2 is 1.21 bits per heavy atom. The summed E-state index contributed by atoms with van der Waals surface area (Å²) in [5.41, 5.74) is 10.6. The number of hydrogen-bond donors (Lipinski definition) is 0. The van der Waals surface area contributed by atoms with Crippen LogP contribution in [-0.2, 0) is 6.42 Å². The Labute approximate surface area is 331 Å². The van der Waals surface area contributed by atoms with E-state index in [4.69, 9.17) is 19.4 Å². The van der Waals surface area contributed by atoms with E-state index in [1.54, 1.807) is 0 Å². The normalized spacial score (nSPS) is 14.0. The Morgan fingerprint density at radius 1 is 0.526 bits per heavy atom. The highest BCUT2D eigenvalue weighted by Crippen LogP contribution is 2.43. The molecule has 4 heterocycles. The molecule has 0 saturated heterocycles. The molecule has 1 atom stereocenters. The molecule has 4 aromatic heterocycles. The van der Waals surface area contributed by atoms with Gasteiger partial charge in [0.2, 0.25) is 0 Å². The topological polar surface area (TPSA) is 56.7 Å². The van der Waals surface area contributed by atoms with Gasteiger partial charge in [-0.3, -0.25) is 0 Å². The van der Waals surface area contributed by atoms with Crippen molar-refractivity contribution in [1.82, 2.24) is 19.5 Å². The minimum absolute atomic E-state index is 0.281. The van der Waals surface area contributed by atoms with E-state index in [2.05, 4.69) is 120 Å². The van der Waals surface area contributed by atoms with Gasteiger partial charge < -0.3 is 8.98 Å². The molecule has 0 saturated carbocycles. The van der Waals surface area contributed by atoms with Gasteiger partial charge in [0.1, 0.15) is 11.2 Å². The molecule has 5 nitrogen and oxygen atoms in total. The molecule has 57 heavy (non-hydrogen) atoms. The molecular formula is C51H32N4OS. The fourth-order valence-corrected chi connectivity index (χ4v) is 9.83. The molecule has 11 aromatic rings. The molecule has 268 valence electrons.